The molecule has 1 aliphatic carbocycles. The number of aromatic amines is 1. The summed E-state index contributed by atoms with van der Waals surface area (Å²) >= 11 is 0. The zero-order chi connectivity index (χ0) is 29.6. The van der Waals surface area contributed by atoms with Crippen LogP contribution in [0.25, 0.3) is 11.2 Å². The van der Waals surface area contributed by atoms with E-state index in [0.717, 1.165) is 68.1 Å². The Bertz CT molecular complexity index is 1460. The minimum absolute atomic E-state index is 0.202. The second-order valence-electron chi connectivity index (χ2n) is 11.9. The SMILES string of the molecule is COc1cc(C2CCN(CCCS(=O)(=O)N3CCOCC3)CC2)ccc1Nc1nc(NC2CCCCC2)c2[nH]cnc2n1. The number of methoxy groups -OCH3 is 1. The van der Waals surface area contributed by atoms with Crippen molar-refractivity contribution in [2.45, 2.75) is 63.3 Å². The number of anilines is 3. The highest BCUT2D eigenvalue weighted by molar-refractivity contribution is 7.89. The number of rotatable bonds is 11. The number of aromatic nitrogens is 4. The Morgan fingerprint density at radius 3 is 2.60 bits per heavy atom. The summed E-state index contributed by atoms with van der Waals surface area (Å²) in [7, 11) is -1.51. The highest BCUT2D eigenvalue weighted by Gasteiger charge is 2.26. The molecule has 3 N–H and O–H groups in total. The maximum Gasteiger partial charge on any atom is 0.231 e. The molecule has 6 rings (SSSR count). The molecular formula is C30H44N8O4S. The van der Waals surface area contributed by atoms with Gasteiger partial charge >= 0.3 is 0 Å². The second-order valence-corrected chi connectivity index (χ2v) is 13.9. The normalized spacial score (nSPS) is 19.9. The highest BCUT2D eigenvalue weighted by atomic mass is 32.2. The van der Waals surface area contributed by atoms with Gasteiger partial charge in [0.15, 0.2) is 11.5 Å². The van der Waals surface area contributed by atoms with Crippen LogP contribution in [0.5, 0.6) is 5.75 Å². The smallest absolute Gasteiger partial charge is 0.231 e. The van der Waals surface area contributed by atoms with E-state index in [4.69, 9.17) is 14.5 Å². The minimum Gasteiger partial charge on any atom is -0.495 e. The van der Waals surface area contributed by atoms with Crippen LogP contribution in [-0.2, 0) is 14.8 Å². The van der Waals surface area contributed by atoms with E-state index in [-0.39, 0.29) is 5.75 Å². The van der Waals surface area contributed by atoms with Crippen molar-refractivity contribution in [3.8, 4) is 5.75 Å². The Hall–Kier alpha value is -3.00. The predicted molar refractivity (Wildman–Crippen MR) is 168 cm³/mol. The molecule has 43 heavy (non-hydrogen) atoms. The average molecular weight is 613 g/mol. The van der Waals surface area contributed by atoms with Gasteiger partial charge in [0.1, 0.15) is 11.3 Å². The monoisotopic (exact) mass is 612 g/mol. The molecule has 3 fully saturated rings. The maximum absolute atomic E-state index is 12.6. The number of piperidine rings is 1. The van der Waals surface area contributed by atoms with E-state index >= 15 is 0 Å². The summed E-state index contributed by atoms with van der Waals surface area (Å²) in [6.45, 7) is 4.63. The minimum atomic E-state index is -3.20. The van der Waals surface area contributed by atoms with E-state index in [2.05, 4.69) is 42.6 Å². The molecule has 1 aromatic carbocycles. The number of fused-ring (bicyclic) bond motifs is 1. The molecule has 3 aromatic rings. The van der Waals surface area contributed by atoms with Crippen molar-refractivity contribution >= 4 is 38.6 Å². The topological polar surface area (TPSA) is 138 Å². The second kappa shape index (κ2) is 13.7. The molecular weight excluding hydrogens is 568 g/mol. The van der Waals surface area contributed by atoms with E-state index < -0.39 is 10.0 Å². The molecule has 2 saturated heterocycles. The Kier molecular flexibility index (Phi) is 9.61. The van der Waals surface area contributed by atoms with Crippen LogP contribution >= 0.6 is 0 Å². The number of H-pyrrole nitrogens is 1. The summed E-state index contributed by atoms with van der Waals surface area (Å²) in [6, 6.07) is 6.73. The quantitative estimate of drug-likeness (QED) is 0.290. The summed E-state index contributed by atoms with van der Waals surface area (Å²) in [6.07, 6.45) is 10.4. The Balaban J connectivity index is 1.05. The standard InChI is InChI=1S/C30H44N8O4S/c1-41-26-20-23(22-10-13-37(14-11-22)12-5-19-43(39,40)38-15-17-42-18-16-38)8-9-25(26)34-30-35-28-27(31-21-32-28)29(36-30)33-24-6-3-2-4-7-24/h8-9,20-22,24H,2-7,10-19H2,1H3,(H3,31,32,33,34,35,36). The molecule has 3 aliphatic rings. The van der Waals surface area contributed by atoms with E-state index in [1.165, 1.54) is 24.8 Å². The first kappa shape index (κ1) is 30.0. The number of imidazole rings is 1. The fourth-order valence-corrected chi connectivity index (χ4v) is 7.99. The number of hydrogen-bond acceptors (Lipinski definition) is 10. The van der Waals surface area contributed by atoms with Gasteiger partial charge in [0, 0.05) is 19.1 Å². The number of ether oxygens (including phenoxy) is 2. The lowest BCUT2D eigenvalue weighted by Gasteiger charge is -2.32. The number of morpholine rings is 1. The van der Waals surface area contributed by atoms with Crippen molar-refractivity contribution in [3.63, 3.8) is 0 Å². The van der Waals surface area contributed by atoms with Crippen LogP contribution in [0.3, 0.4) is 0 Å². The third kappa shape index (κ3) is 7.39. The summed E-state index contributed by atoms with van der Waals surface area (Å²) in [5.41, 5.74) is 3.50. The predicted octanol–water partition coefficient (Wildman–Crippen LogP) is 4.08. The Morgan fingerprint density at radius 1 is 1.05 bits per heavy atom. The molecule has 0 bridgehead atoms. The third-order valence-corrected chi connectivity index (χ3v) is 11.0. The van der Waals surface area contributed by atoms with Gasteiger partial charge in [-0.3, -0.25) is 0 Å². The third-order valence-electron chi connectivity index (χ3n) is 9.00. The molecule has 2 aliphatic heterocycles. The highest BCUT2D eigenvalue weighted by Crippen LogP contribution is 2.35. The molecule has 1 saturated carbocycles. The van der Waals surface area contributed by atoms with Crippen molar-refractivity contribution < 1.29 is 17.9 Å². The van der Waals surface area contributed by atoms with Gasteiger partial charge in [0.2, 0.25) is 16.0 Å². The average Bonchev–Trinajstić information content (AvgIpc) is 3.52. The van der Waals surface area contributed by atoms with Gasteiger partial charge in [-0.15, -0.1) is 0 Å². The van der Waals surface area contributed by atoms with Crippen LogP contribution in [-0.4, -0.2) is 102 Å². The van der Waals surface area contributed by atoms with Crippen LogP contribution in [0.15, 0.2) is 24.5 Å². The Labute approximate surface area is 254 Å². The fraction of sp³-hybridized carbons (Fsp3) is 0.633. The maximum atomic E-state index is 12.6. The molecule has 4 heterocycles. The van der Waals surface area contributed by atoms with Crippen molar-refractivity contribution in [3.05, 3.63) is 30.1 Å². The van der Waals surface area contributed by atoms with E-state index in [1.54, 1.807) is 17.7 Å². The van der Waals surface area contributed by atoms with Gasteiger partial charge in [0.25, 0.3) is 0 Å². The van der Waals surface area contributed by atoms with Gasteiger partial charge in [-0.05, 0) is 75.4 Å². The summed E-state index contributed by atoms with van der Waals surface area (Å²) in [5, 5.41) is 6.99. The first-order valence-electron chi connectivity index (χ1n) is 15.7. The summed E-state index contributed by atoms with van der Waals surface area (Å²) < 4.78 is 37.9. The number of benzene rings is 1. The molecule has 234 valence electrons. The molecule has 12 nitrogen and oxygen atoms in total. The van der Waals surface area contributed by atoms with E-state index in [0.29, 0.717) is 56.3 Å². The number of nitrogens with zero attached hydrogens (tertiary/aromatic N) is 5. The molecule has 0 radical (unpaired) electrons. The molecule has 2 aromatic heterocycles. The number of hydrogen-bond donors (Lipinski definition) is 3. The van der Waals surface area contributed by atoms with Gasteiger partial charge in [-0.1, -0.05) is 25.3 Å². The van der Waals surface area contributed by atoms with E-state index in [1.807, 2.05) is 6.07 Å². The van der Waals surface area contributed by atoms with E-state index in [9.17, 15) is 8.42 Å². The number of likely N-dealkylation sites (tertiary alicyclic amines) is 1. The number of sulfonamides is 1. The molecule has 0 amide bonds. The summed E-state index contributed by atoms with van der Waals surface area (Å²) in [4.78, 5) is 19.4. The lowest BCUT2D eigenvalue weighted by molar-refractivity contribution is 0.0730. The summed E-state index contributed by atoms with van der Waals surface area (Å²) in [5.74, 6) is 2.64. The number of nitrogens with one attached hydrogen (secondary N) is 3. The van der Waals surface area contributed by atoms with Gasteiger partial charge in [-0.2, -0.15) is 14.3 Å². The van der Waals surface area contributed by atoms with Crippen molar-refractivity contribution in [2.24, 2.45) is 0 Å². The van der Waals surface area contributed by atoms with Crippen molar-refractivity contribution in [2.75, 3.05) is 69.4 Å². The zero-order valence-corrected chi connectivity index (χ0v) is 25.9. The zero-order valence-electron chi connectivity index (χ0n) is 25.1. The molecule has 0 unspecified atom stereocenters. The van der Waals surface area contributed by atoms with Crippen LogP contribution in [0.4, 0.5) is 17.5 Å². The van der Waals surface area contributed by atoms with Crippen LogP contribution in [0, 0.1) is 0 Å². The van der Waals surface area contributed by atoms with Crippen molar-refractivity contribution in [1.29, 1.82) is 0 Å². The molecule has 0 atom stereocenters. The molecule has 13 heteroatoms. The lowest BCUT2D eigenvalue weighted by atomic mass is 9.89. The lowest BCUT2D eigenvalue weighted by Crippen LogP contribution is -2.42. The van der Waals surface area contributed by atoms with Gasteiger partial charge < -0.3 is 30.0 Å². The first-order chi connectivity index (χ1) is 21.0. The first-order valence-corrected chi connectivity index (χ1v) is 17.3. The largest absolute Gasteiger partial charge is 0.495 e. The molecule has 0 spiro atoms. The van der Waals surface area contributed by atoms with Crippen LogP contribution < -0.4 is 15.4 Å². The van der Waals surface area contributed by atoms with Crippen LogP contribution in [0.1, 0.15) is 62.8 Å². The Morgan fingerprint density at radius 2 is 1.84 bits per heavy atom. The van der Waals surface area contributed by atoms with Crippen molar-refractivity contribution in [1.82, 2.24) is 29.1 Å². The fourth-order valence-electron chi connectivity index (χ4n) is 6.53. The van der Waals surface area contributed by atoms with Gasteiger partial charge in [0.05, 0.1) is 38.1 Å². The van der Waals surface area contributed by atoms with Crippen LogP contribution in [0.2, 0.25) is 0 Å². The van der Waals surface area contributed by atoms with Gasteiger partial charge in [-0.25, -0.2) is 13.4 Å².